The van der Waals surface area contributed by atoms with E-state index in [9.17, 15) is 5.11 Å². The molecule has 0 radical (unpaired) electrons. The molecule has 0 aliphatic carbocycles. The molecule has 1 aromatic rings. The Bertz CT molecular complexity index is 366. The number of nitriles is 1. The zero-order valence-corrected chi connectivity index (χ0v) is 8.36. The van der Waals surface area contributed by atoms with Gasteiger partial charge in [-0.05, 0) is 25.5 Å². The van der Waals surface area contributed by atoms with Crippen LogP contribution in [-0.2, 0) is 0 Å². The Kier molecular flexibility index (Phi) is 3.23. The van der Waals surface area contributed by atoms with Gasteiger partial charge in [-0.25, -0.2) is 0 Å². The number of hydrogen-bond donors (Lipinski definition) is 2. The van der Waals surface area contributed by atoms with Gasteiger partial charge in [0.25, 0.3) is 0 Å². The molecule has 0 saturated heterocycles. The smallest absolute Gasteiger partial charge is 0.0995 e. The molecule has 14 heavy (non-hydrogen) atoms. The fourth-order valence-corrected chi connectivity index (χ4v) is 1.32. The molecule has 3 N–H and O–H groups in total. The van der Waals surface area contributed by atoms with E-state index in [1.165, 1.54) is 0 Å². The highest BCUT2D eigenvalue weighted by molar-refractivity contribution is 5.42. The number of rotatable bonds is 2. The molecule has 0 fully saturated rings. The predicted molar refractivity (Wildman–Crippen MR) is 54.5 cm³/mol. The van der Waals surface area contributed by atoms with E-state index in [1.807, 2.05) is 19.1 Å². The van der Waals surface area contributed by atoms with Gasteiger partial charge in [0.2, 0.25) is 0 Å². The van der Waals surface area contributed by atoms with Crippen molar-refractivity contribution in [3.8, 4) is 6.07 Å². The lowest BCUT2D eigenvalue weighted by Gasteiger charge is -2.16. The van der Waals surface area contributed by atoms with Crippen molar-refractivity contribution >= 4 is 0 Å². The van der Waals surface area contributed by atoms with Crippen LogP contribution in [0, 0.1) is 18.3 Å². The maximum Gasteiger partial charge on any atom is 0.0995 e. The van der Waals surface area contributed by atoms with Crippen LogP contribution in [-0.4, -0.2) is 11.2 Å². The van der Waals surface area contributed by atoms with Gasteiger partial charge in [0.1, 0.15) is 0 Å². The molecule has 0 amide bonds. The van der Waals surface area contributed by atoms with Gasteiger partial charge in [0.05, 0.1) is 23.8 Å². The molecule has 1 rings (SSSR count). The number of aliphatic hydroxyl groups is 1. The van der Waals surface area contributed by atoms with Gasteiger partial charge in [-0.1, -0.05) is 17.7 Å². The molecule has 1 aromatic carbocycles. The van der Waals surface area contributed by atoms with Crippen molar-refractivity contribution in [3.63, 3.8) is 0 Å². The number of nitrogens with two attached hydrogens (primary N) is 1. The van der Waals surface area contributed by atoms with Crippen LogP contribution < -0.4 is 5.73 Å². The van der Waals surface area contributed by atoms with Crippen molar-refractivity contribution in [1.82, 2.24) is 0 Å². The second-order valence-corrected chi connectivity index (χ2v) is 3.47. The summed E-state index contributed by atoms with van der Waals surface area (Å²) in [5, 5.41) is 18.2. The molecule has 0 spiro atoms. The van der Waals surface area contributed by atoms with Crippen LogP contribution in [0.3, 0.4) is 0 Å². The lowest BCUT2D eigenvalue weighted by molar-refractivity contribution is 0.164. The van der Waals surface area contributed by atoms with Crippen LogP contribution in [0.4, 0.5) is 0 Å². The number of benzene rings is 1. The van der Waals surface area contributed by atoms with Crippen LogP contribution in [0.5, 0.6) is 0 Å². The maximum absolute atomic E-state index is 9.35. The molecular weight excluding hydrogens is 176 g/mol. The summed E-state index contributed by atoms with van der Waals surface area (Å²) in [5.74, 6) is 0. The Hall–Kier alpha value is -1.37. The van der Waals surface area contributed by atoms with E-state index in [1.54, 1.807) is 13.0 Å². The van der Waals surface area contributed by atoms with Gasteiger partial charge >= 0.3 is 0 Å². The second-order valence-electron chi connectivity index (χ2n) is 3.47. The zero-order chi connectivity index (χ0) is 10.7. The normalized spacial score (nSPS) is 14.5. The van der Waals surface area contributed by atoms with E-state index in [-0.39, 0.29) is 0 Å². The highest BCUT2D eigenvalue weighted by atomic mass is 16.3. The minimum Gasteiger partial charge on any atom is -0.391 e. The van der Waals surface area contributed by atoms with Crippen molar-refractivity contribution in [2.45, 2.75) is 26.0 Å². The summed E-state index contributed by atoms with van der Waals surface area (Å²) in [5.41, 5.74) is 8.06. The summed E-state index contributed by atoms with van der Waals surface area (Å²) in [6, 6.07) is 7.00. The number of nitrogens with zero attached hydrogens (tertiary/aromatic N) is 1. The monoisotopic (exact) mass is 190 g/mol. The number of aryl methyl sites for hydroxylation is 1. The van der Waals surface area contributed by atoms with E-state index in [0.29, 0.717) is 11.1 Å². The third kappa shape index (κ3) is 2.11. The van der Waals surface area contributed by atoms with Crippen LogP contribution >= 0.6 is 0 Å². The largest absolute Gasteiger partial charge is 0.391 e. The van der Waals surface area contributed by atoms with Crippen molar-refractivity contribution in [2.24, 2.45) is 5.73 Å². The van der Waals surface area contributed by atoms with Crippen molar-refractivity contribution in [2.75, 3.05) is 0 Å². The van der Waals surface area contributed by atoms with Crippen molar-refractivity contribution < 1.29 is 5.11 Å². The molecule has 74 valence electrons. The Balaban J connectivity index is 3.18. The molecular formula is C11H14N2O. The summed E-state index contributed by atoms with van der Waals surface area (Å²) < 4.78 is 0. The Morgan fingerprint density at radius 1 is 1.50 bits per heavy atom. The van der Waals surface area contributed by atoms with Crippen LogP contribution in [0.1, 0.15) is 29.7 Å². The summed E-state index contributed by atoms with van der Waals surface area (Å²) in [4.78, 5) is 0. The standard InChI is InChI=1S/C11H14N2O/c1-7-3-4-9(6-12)10(5-7)11(13)8(2)14/h3-5,8,11,14H,13H2,1-2H3/t8-,11-/m1/s1. The fraction of sp³-hybridized carbons (Fsp3) is 0.364. The fourth-order valence-electron chi connectivity index (χ4n) is 1.32. The van der Waals surface area contributed by atoms with Crippen molar-refractivity contribution in [1.29, 1.82) is 5.26 Å². The minimum absolute atomic E-state index is 0.496. The molecule has 0 aliphatic rings. The Morgan fingerprint density at radius 2 is 2.14 bits per heavy atom. The zero-order valence-electron chi connectivity index (χ0n) is 8.36. The van der Waals surface area contributed by atoms with E-state index >= 15 is 0 Å². The molecule has 0 heterocycles. The first-order valence-corrected chi connectivity index (χ1v) is 4.50. The second kappa shape index (κ2) is 4.23. The van der Waals surface area contributed by atoms with E-state index < -0.39 is 12.1 Å². The van der Waals surface area contributed by atoms with Crippen LogP contribution in [0.25, 0.3) is 0 Å². The van der Waals surface area contributed by atoms with Gasteiger partial charge in [-0.15, -0.1) is 0 Å². The van der Waals surface area contributed by atoms with E-state index in [4.69, 9.17) is 11.0 Å². The Labute approximate surface area is 83.8 Å². The minimum atomic E-state index is -0.649. The SMILES string of the molecule is Cc1ccc(C#N)c([C@H](N)[C@@H](C)O)c1. The van der Waals surface area contributed by atoms with Gasteiger partial charge in [-0.2, -0.15) is 5.26 Å². The van der Waals surface area contributed by atoms with Gasteiger partial charge < -0.3 is 10.8 Å². The highest BCUT2D eigenvalue weighted by Crippen LogP contribution is 2.19. The van der Waals surface area contributed by atoms with Crippen LogP contribution in [0.2, 0.25) is 0 Å². The average molecular weight is 190 g/mol. The first-order valence-electron chi connectivity index (χ1n) is 4.50. The maximum atomic E-state index is 9.35. The van der Waals surface area contributed by atoms with E-state index in [0.717, 1.165) is 5.56 Å². The third-order valence-corrected chi connectivity index (χ3v) is 2.21. The molecule has 0 aliphatic heterocycles. The molecule has 0 unspecified atom stereocenters. The molecule has 0 bridgehead atoms. The first kappa shape index (κ1) is 10.7. The molecule has 0 saturated carbocycles. The molecule has 0 aromatic heterocycles. The molecule has 3 heteroatoms. The topological polar surface area (TPSA) is 70.0 Å². The summed E-state index contributed by atoms with van der Waals surface area (Å²) >= 11 is 0. The number of aliphatic hydroxyl groups excluding tert-OH is 1. The third-order valence-electron chi connectivity index (χ3n) is 2.21. The van der Waals surface area contributed by atoms with Gasteiger partial charge in [0.15, 0.2) is 0 Å². The lowest BCUT2D eigenvalue weighted by atomic mass is 9.96. The predicted octanol–water partition coefficient (Wildman–Crippen LogP) is 1.25. The van der Waals surface area contributed by atoms with Crippen molar-refractivity contribution in [3.05, 3.63) is 34.9 Å². The lowest BCUT2D eigenvalue weighted by Crippen LogP contribution is -2.24. The summed E-state index contributed by atoms with van der Waals surface area (Å²) in [6.07, 6.45) is -0.649. The first-order chi connectivity index (χ1) is 6.56. The summed E-state index contributed by atoms with van der Waals surface area (Å²) in [6.45, 7) is 3.55. The van der Waals surface area contributed by atoms with Crippen LogP contribution in [0.15, 0.2) is 18.2 Å². The quantitative estimate of drug-likeness (QED) is 0.737. The Morgan fingerprint density at radius 3 is 2.64 bits per heavy atom. The van der Waals surface area contributed by atoms with Gasteiger partial charge in [-0.3, -0.25) is 0 Å². The molecule has 2 atom stereocenters. The highest BCUT2D eigenvalue weighted by Gasteiger charge is 2.15. The molecule has 3 nitrogen and oxygen atoms in total. The number of hydrogen-bond acceptors (Lipinski definition) is 3. The average Bonchev–Trinajstić information content (AvgIpc) is 2.16. The van der Waals surface area contributed by atoms with E-state index in [2.05, 4.69) is 6.07 Å². The van der Waals surface area contributed by atoms with Gasteiger partial charge in [0, 0.05) is 0 Å². The summed E-state index contributed by atoms with van der Waals surface area (Å²) in [7, 11) is 0.